The molecule has 0 fully saturated rings. The number of hydrogen-bond acceptors (Lipinski definition) is 2. The van der Waals surface area contributed by atoms with Gasteiger partial charge in [0, 0.05) is 16.8 Å². The second-order valence-corrected chi connectivity index (χ2v) is 5.94. The normalized spacial score (nSPS) is 10.7. The Morgan fingerprint density at radius 3 is 2.68 bits per heavy atom. The molecule has 2 rings (SSSR count). The Morgan fingerprint density at radius 2 is 2.05 bits per heavy atom. The Bertz CT molecular complexity index is 729. The predicted octanol–water partition coefficient (Wildman–Crippen LogP) is 5.07. The van der Waals surface area contributed by atoms with Crippen LogP contribution in [0.4, 0.5) is 5.69 Å². The summed E-state index contributed by atoms with van der Waals surface area (Å²) in [6, 6.07) is 11.0. The lowest BCUT2D eigenvalue weighted by Gasteiger charge is -2.05. The summed E-state index contributed by atoms with van der Waals surface area (Å²) in [5.74, 6) is 0.530. The van der Waals surface area contributed by atoms with E-state index in [0.29, 0.717) is 10.7 Å². The van der Waals surface area contributed by atoms with Crippen LogP contribution < -0.4 is 10.1 Å². The van der Waals surface area contributed by atoms with E-state index in [1.165, 1.54) is 6.08 Å². The molecule has 0 bridgehead atoms. The van der Waals surface area contributed by atoms with Crippen molar-refractivity contribution < 1.29 is 9.53 Å². The van der Waals surface area contributed by atoms with Crippen LogP contribution in [0, 0.1) is 6.92 Å². The molecular weight excluding hydrogens is 366 g/mol. The van der Waals surface area contributed by atoms with E-state index in [0.717, 1.165) is 21.3 Å². The molecule has 0 radical (unpaired) electrons. The Kier molecular flexibility index (Phi) is 5.63. The van der Waals surface area contributed by atoms with Gasteiger partial charge in [-0.2, -0.15) is 0 Å². The molecule has 0 atom stereocenters. The van der Waals surface area contributed by atoms with Crippen LogP contribution >= 0.6 is 27.5 Å². The molecule has 0 aliphatic rings. The highest BCUT2D eigenvalue weighted by atomic mass is 79.9. The summed E-state index contributed by atoms with van der Waals surface area (Å²) in [6.07, 6.45) is 3.21. The standard InChI is InChI=1S/C17H15BrClNO2/c1-11-3-6-13(10-15(11)19)20-17(21)8-5-12-4-7-16(22-2)14(18)9-12/h3-10H,1-2H3,(H,20,21). The van der Waals surface area contributed by atoms with Crippen molar-refractivity contribution in [3.8, 4) is 5.75 Å². The molecule has 1 amide bonds. The molecular formula is C17H15BrClNO2. The fourth-order valence-electron chi connectivity index (χ4n) is 1.81. The van der Waals surface area contributed by atoms with Gasteiger partial charge in [-0.1, -0.05) is 23.7 Å². The molecule has 22 heavy (non-hydrogen) atoms. The number of anilines is 1. The molecule has 0 heterocycles. The van der Waals surface area contributed by atoms with Crippen molar-refractivity contribution in [1.29, 1.82) is 0 Å². The topological polar surface area (TPSA) is 38.3 Å². The predicted molar refractivity (Wildman–Crippen MR) is 94.5 cm³/mol. The van der Waals surface area contributed by atoms with Crippen LogP contribution in [0.2, 0.25) is 5.02 Å². The maximum absolute atomic E-state index is 11.9. The molecule has 0 saturated heterocycles. The quantitative estimate of drug-likeness (QED) is 0.752. The molecule has 0 unspecified atom stereocenters. The van der Waals surface area contributed by atoms with Crippen LogP contribution in [0.1, 0.15) is 11.1 Å². The van der Waals surface area contributed by atoms with Gasteiger partial charge < -0.3 is 10.1 Å². The summed E-state index contributed by atoms with van der Waals surface area (Å²) in [7, 11) is 1.61. The van der Waals surface area contributed by atoms with Gasteiger partial charge in [-0.05, 0) is 64.3 Å². The Hall–Kier alpha value is -1.78. The number of amides is 1. The maximum Gasteiger partial charge on any atom is 0.248 e. The van der Waals surface area contributed by atoms with Crippen molar-refractivity contribution in [2.24, 2.45) is 0 Å². The smallest absolute Gasteiger partial charge is 0.248 e. The van der Waals surface area contributed by atoms with Gasteiger partial charge in [-0.15, -0.1) is 0 Å². The first kappa shape index (κ1) is 16.6. The van der Waals surface area contributed by atoms with E-state index in [2.05, 4.69) is 21.2 Å². The lowest BCUT2D eigenvalue weighted by Crippen LogP contribution is -2.07. The molecule has 0 aliphatic carbocycles. The number of ether oxygens (including phenoxy) is 1. The Morgan fingerprint density at radius 1 is 1.27 bits per heavy atom. The minimum Gasteiger partial charge on any atom is -0.496 e. The molecule has 114 valence electrons. The van der Waals surface area contributed by atoms with Crippen molar-refractivity contribution >= 4 is 45.2 Å². The van der Waals surface area contributed by atoms with Crippen molar-refractivity contribution in [3.63, 3.8) is 0 Å². The number of carbonyl (C=O) groups is 1. The van der Waals surface area contributed by atoms with E-state index < -0.39 is 0 Å². The van der Waals surface area contributed by atoms with Crippen LogP contribution in [0.15, 0.2) is 46.9 Å². The molecule has 0 aliphatic heterocycles. The van der Waals surface area contributed by atoms with Gasteiger partial charge in [0.2, 0.25) is 5.91 Å². The summed E-state index contributed by atoms with van der Waals surface area (Å²) in [5.41, 5.74) is 2.53. The molecule has 0 saturated carbocycles. The van der Waals surface area contributed by atoms with Gasteiger partial charge in [-0.25, -0.2) is 0 Å². The number of nitrogens with one attached hydrogen (secondary N) is 1. The fourth-order valence-corrected chi connectivity index (χ4v) is 2.55. The van der Waals surface area contributed by atoms with Gasteiger partial charge in [-0.3, -0.25) is 4.79 Å². The minimum atomic E-state index is -0.216. The minimum absolute atomic E-state index is 0.216. The summed E-state index contributed by atoms with van der Waals surface area (Å²) < 4.78 is 6.00. The second kappa shape index (κ2) is 7.47. The largest absolute Gasteiger partial charge is 0.496 e. The third-order valence-electron chi connectivity index (χ3n) is 3.04. The molecule has 0 aromatic heterocycles. The molecule has 0 spiro atoms. The van der Waals surface area contributed by atoms with Gasteiger partial charge in [0.05, 0.1) is 11.6 Å². The van der Waals surface area contributed by atoms with Crippen molar-refractivity contribution in [2.45, 2.75) is 6.92 Å². The van der Waals surface area contributed by atoms with Crippen LogP contribution in [0.3, 0.4) is 0 Å². The zero-order valence-corrected chi connectivity index (χ0v) is 14.5. The maximum atomic E-state index is 11.9. The number of halogens is 2. The summed E-state index contributed by atoms with van der Waals surface area (Å²) in [4.78, 5) is 11.9. The highest BCUT2D eigenvalue weighted by Crippen LogP contribution is 2.26. The highest BCUT2D eigenvalue weighted by Gasteiger charge is 2.02. The number of aryl methyl sites for hydroxylation is 1. The average molecular weight is 381 g/mol. The van der Waals surface area contributed by atoms with Gasteiger partial charge in [0.15, 0.2) is 0 Å². The average Bonchev–Trinajstić information content (AvgIpc) is 2.49. The van der Waals surface area contributed by atoms with Gasteiger partial charge >= 0.3 is 0 Å². The third-order valence-corrected chi connectivity index (χ3v) is 4.07. The molecule has 2 aromatic rings. The van der Waals surface area contributed by atoms with E-state index in [1.807, 2.05) is 37.3 Å². The number of carbonyl (C=O) groups excluding carboxylic acids is 1. The number of methoxy groups -OCH3 is 1. The molecule has 5 heteroatoms. The summed E-state index contributed by atoms with van der Waals surface area (Å²) >= 11 is 9.44. The summed E-state index contributed by atoms with van der Waals surface area (Å²) in [6.45, 7) is 1.91. The lowest BCUT2D eigenvalue weighted by atomic mass is 10.2. The number of rotatable bonds is 4. The first-order chi connectivity index (χ1) is 10.5. The zero-order chi connectivity index (χ0) is 16.1. The molecule has 2 aromatic carbocycles. The first-order valence-electron chi connectivity index (χ1n) is 6.58. The van der Waals surface area contributed by atoms with Crippen molar-refractivity contribution in [3.05, 3.63) is 63.1 Å². The van der Waals surface area contributed by atoms with E-state index in [-0.39, 0.29) is 5.91 Å². The summed E-state index contributed by atoms with van der Waals surface area (Å²) in [5, 5.41) is 3.40. The second-order valence-electron chi connectivity index (χ2n) is 4.68. The number of hydrogen-bond donors (Lipinski definition) is 1. The number of benzene rings is 2. The first-order valence-corrected chi connectivity index (χ1v) is 7.75. The fraction of sp³-hybridized carbons (Fsp3) is 0.118. The van der Waals surface area contributed by atoms with Gasteiger partial charge in [0.1, 0.15) is 5.75 Å². The van der Waals surface area contributed by atoms with Crippen LogP contribution in [-0.2, 0) is 4.79 Å². The molecule has 3 nitrogen and oxygen atoms in total. The third kappa shape index (κ3) is 4.36. The van der Waals surface area contributed by atoms with Crippen molar-refractivity contribution in [1.82, 2.24) is 0 Å². The Labute approximate surface area is 143 Å². The lowest BCUT2D eigenvalue weighted by molar-refractivity contribution is -0.111. The van der Waals surface area contributed by atoms with Gasteiger partial charge in [0.25, 0.3) is 0 Å². The van der Waals surface area contributed by atoms with E-state index in [9.17, 15) is 4.79 Å². The SMILES string of the molecule is COc1ccc(C=CC(=O)Nc2ccc(C)c(Cl)c2)cc1Br. The van der Waals surface area contributed by atoms with E-state index in [4.69, 9.17) is 16.3 Å². The monoisotopic (exact) mass is 379 g/mol. The zero-order valence-electron chi connectivity index (χ0n) is 12.2. The van der Waals surface area contributed by atoms with Crippen LogP contribution in [0.25, 0.3) is 6.08 Å². The van der Waals surface area contributed by atoms with E-state index >= 15 is 0 Å². The highest BCUT2D eigenvalue weighted by molar-refractivity contribution is 9.10. The van der Waals surface area contributed by atoms with Crippen LogP contribution in [-0.4, -0.2) is 13.0 Å². The van der Waals surface area contributed by atoms with Crippen molar-refractivity contribution in [2.75, 3.05) is 12.4 Å². The molecule has 1 N–H and O–H groups in total. The van der Waals surface area contributed by atoms with E-state index in [1.54, 1.807) is 19.3 Å². The Balaban J connectivity index is 2.04. The van der Waals surface area contributed by atoms with Crippen LogP contribution in [0.5, 0.6) is 5.75 Å².